The smallest absolute Gasteiger partial charge is 0.414 e. The Hall–Kier alpha value is -3.22. The number of unbranched alkanes of at least 4 members (excludes halogenated alkanes) is 5. The summed E-state index contributed by atoms with van der Waals surface area (Å²) in [5.74, 6) is -0.616. The Balaban J connectivity index is 1.61. The zero-order valence-corrected chi connectivity index (χ0v) is 26.7. The molecule has 224 valence electrons. The number of amides is 2. The molecule has 0 radical (unpaired) electrons. The van der Waals surface area contributed by atoms with Crippen molar-refractivity contribution in [3.63, 3.8) is 0 Å². The van der Waals surface area contributed by atoms with Crippen LogP contribution < -0.4 is 10.4 Å². The van der Waals surface area contributed by atoms with Gasteiger partial charge in [-0.05, 0) is 39.4 Å². The zero-order chi connectivity index (χ0) is 30.2. The van der Waals surface area contributed by atoms with Gasteiger partial charge in [-0.1, -0.05) is 145 Å². The Morgan fingerprint density at radius 1 is 0.857 bits per heavy atom. The highest BCUT2D eigenvalue weighted by Crippen LogP contribution is 2.40. The van der Waals surface area contributed by atoms with Gasteiger partial charge in [-0.25, -0.2) is 9.69 Å². The molecule has 0 aromatic heterocycles. The van der Waals surface area contributed by atoms with E-state index in [9.17, 15) is 14.7 Å². The number of rotatable bonds is 13. The molecule has 0 saturated carbocycles. The number of imide groups is 1. The highest BCUT2D eigenvalue weighted by Gasteiger charge is 2.52. The average Bonchev–Trinajstić information content (AvgIpc) is 3.32. The maximum atomic E-state index is 13.1. The summed E-state index contributed by atoms with van der Waals surface area (Å²) < 4.78 is 7.13. The van der Waals surface area contributed by atoms with Crippen LogP contribution in [-0.2, 0) is 15.6 Å². The van der Waals surface area contributed by atoms with Gasteiger partial charge in [0, 0.05) is 12.3 Å². The number of nitrogens with zero attached hydrogens (tertiary/aromatic N) is 1. The number of benzene rings is 3. The Morgan fingerprint density at radius 2 is 1.40 bits per heavy atom. The van der Waals surface area contributed by atoms with Gasteiger partial charge in [0.1, 0.15) is 0 Å². The molecule has 4 rings (SSSR count). The van der Waals surface area contributed by atoms with E-state index in [1.54, 1.807) is 0 Å². The topological polar surface area (TPSA) is 66.8 Å². The van der Waals surface area contributed by atoms with E-state index in [0.717, 1.165) is 27.3 Å². The molecular weight excluding hydrogens is 538 g/mol. The van der Waals surface area contributed by atoms with Gasteiger partial charge in [0.15, 0.2) is 0 Å². The second-order valence-corrected chi connectivity index (χ2v) is 17.0. The molecule has 0 bridgehead atoms. The number of hydrogen-bond acceptors (Lipinski definition) is 3. The lowest BCUT2D eigenvalue weighted by Crippen LogP contribution is -2.67. The van der Waals surface area contributed by atoms with Crippen LogP contribution in [-0.4, -0.2) is 43.0 Å². The lowest BCUT2D eigenvalue weighted by Gasteiger charge is -2.44. The van der Waals surface area contributed by atoms with Crippen molar-refractivity contribution < 1.29 is 19.1 Å². The van der Waals surface area contributed by atoms with Gasteiger partial charge in [-0.15, -0.1) is 0 Å². The largest absolute Gasteiger partial charge is 0.465 e. The van der Waals surface area contributed by atoms with Crippen LogP contribution in [0.15, 0.2) is 84.9 Å². The number of aryl methyl sites for hydroxylation is 1. The lowest BCUT2D eigenvalue weighted by atomic mass is 9.91. The third-order valence-electron chi connectivity index (χ3n) is 8.78. The van der Waals surface area contributed by atoms with E-state index in [-0.39, 0.29) is 29.9 Å². The minimum Gasteiger partial charge on any atom is -0.465 e. The summed E-state index contributed by atoms with van der Waals surface area (Å²) >= 11 is 0. The predicted octanol–water partition coefficient (Wildman–Crippen LogP) is 7.53. The first-order chi connectivity index (χ1) is 20.2. The summed E-state index contributed by atoms with van der Waals surface area (Å²) in [5, 5.41) is 12.1. The molecule has 1 aliphatic heterocycles. The van der Waals surface area contributed by atoms with Crippen LogP contribution >= 0.6 is 0 Å². The second kappa shape index (κ2) is 14.3. The van der Waals surface area contributed by atoms with Crippen LogP contribution in [0.3, 0.4) is 0 Å². The molecule has 1 fully saturated rings. The fourth-order valence-corrected chi connectivity index (χ4v) is 11.2. The molecule has 3 aromatic rings. The van der Waals surface area contributed by atoms with Crippen LogP contribution in [0, 0.1) is 0 Å². The summed E-state index contributed by atoms with van der Waals surface area (Å²) in [6, 6.07) is 28.5. The van der Waals surface area contributed by atoms with E-state index in [1.165, 1.54) is 44.1 Å². The third kappa shape index (κ3) is 7.04. The van der Waals surface area contributed by atoms with Gasteiger partial charge in [0.05, 0.1) is 12.6 Å². The first-order valence-corrected chi connectivity index (χ1v) is 17.5. The Bertz CT molecular complexity index is 1250. The van der Waals surface area contributed by atoms with E-state index in [2.05, 4.69) is 76.2 Å². The van der Waals surface area contributed by atoms with Gasteiger partial charge in [0.2, 0.25) is 5.91 Å². The highest BCUT2D eigenvalue weighted by atomic mass is 28.4. The normalized spacial score (nSPS) is 17.5. The molecule has 0 aliphatic carbocycles. The lowest BCUT2D eigenvalue weighted by molar-refractivity contribution is -0.127. The molecule has 0 spiro atoms. The van der Waals surface area contributed by atoms with Gasteiger partial charge in [-0.3, -0.25) is 4.79 Å². The third-order valence-corrected chi connectivity index (χ3v) is 13.8. The predicted molar refractivity (Wildman–Crippen MR) is 173 cm³/mol. The summed E-state index contributed by atoms with van der Waals surface area (Å²) in [6.45, 7) is 8.99. The van der Waals surface area contributed by atoms with Crippen molar-refractivity contribution in [2.45, 2.75) is 96.1 Å². The first-order valence-electron chi connectivity index (χ1n) is 15.6. The zero-order valence-electron chi connectivity index (χ0n) is 25.7. The molecule has 42 heavy (non-hydrogen) atoms. The van der Waals surface area contributed by atoms with E-state index in [4.69, 9.17) is 4.43 Å². The van der Waals surface area contributed by atoms with E-state index in [1.807, 2.05) is 36.4 Å². The standard InChI is InChI=1S/C36H47NO4Si/c1-5-6-7-8-9-12-17-28-22-24-29(25-23-28)32-26-34(38)37(35(39)40)33(32)27-41-42(36(2,3)4,30-18-13-10-14-19-30)31-20-15-11-16-21-31/h10-11,13-16,18-25,32-33H,5-9,12,17,26-27H2,1-4H3,(H,39,40). The molecule has 2 atom stereocenters. The SMILES string of the molecule is CCCCCCCCc1ccc(C2CC(=O)N(C(=O)O)C2CO[Si](c2ccccc2)(c2ccccc2)C(C)(C)C)cc1. The minimum atomic E-state index is -2.90. The van der Waals surface area contributed by atoms with Gasteiger partial charge >= 0.3 is 6.09 Å². The van der Waals surface area contributed by atoms with Crippen molar-refractivity contribution in [3.8, 4) is 0 Å². The molecule has 2 amide bonds. The van der Waals surface area contributed by atoms with Crippen LogP contribution in [0.1, 0.15) is 89.7 Å². The highest BCUT2D eigenvalue weighted by molar-refractivity contribution is 6.99. The van der Waals surface area contributed by atoms with Gasteiger partial charge in [0.25, 0.3) is 8.32 Å². The van der Waals surface area contributed by atoms with Crippen molar-refractivity contribution >= 4 is 30.7 Å². The fraction of sp³-hybridized carbons (Fsp3) is 0.444. The van der Waals surface area contributed by atoms with Crippen LogP contribution in [0.2, 0.25) is 5.04 Å². The van der Waals surface area contributed by atoms with Crippen molar-refractivity contribution in [2.75, 3.05) is 6.61 Å². The second-order valence-electron chi connectivity index (χ2n) is 12.7. The van der Waals surface area contributed by atoms with Gasteiger partial charge in [-0.2, -0.15) is 0 Å². The average molecular weight is 586 g/mol. The Morgan fingerprint density at radius 3 is 1.93 bits per heavy atom. The summed E-state index contributed by atoms with van der Waals surface area (Å²) in [5.41, 5.74) is 2.28. The van der Waals surface area contributed by atoms with Crippen molar-refractivity contribution in [2.24, 2.45) is 0 Å². The maximum Gasteiger partial charge on any atom is 0.414 e. The number of hydrogen-bond donors (Lipinski definition) is 1. The van der Waals surface area contributed by atoms with Crippen molar-refractivity contribution in [1.82, 2.24) is 4.90 Å². The molecule has 6 heteroatoms. The molecule has 1 N–H and O–H groups in total. The summed E-state index contributed by atoms with van der Waals surface area (Å²) in [6.07, 6.45) is 7.57. The maximum absolute atomic E-state index is 13.1. The van der Waals surface area contributed by atoms with E-state index < -0.39 is 20.5 Å². The molecule has 1 saturated heterocycles. The van der Waals surface area contributed by atoms with E-state index >= 15 is 0 Å². The van der Waals surface area contributed by atoms with Crippen molar-refractivity contribution in [1.29, 1.82) is 0 Å². The molecule has 5 nitrogen and oxygen atoms in total. The fourth-order valence-electron chi connectivity index (χ4n) is 6.58. The molecular formula is C36H47NO4Si. The summed E-state index contributed by atoms with van der Waals surface area (Å²) in [4.78, 5) is 26.5. The first kappa shape index (κ1) is 31.7. The minimum absolute atomic E-state index is 0.148. The molecule has 1 heterocycles. The Kier molecular flexibility index (Phi) is 10.8. The number of carboxylic acid groups (broad SMARTS) is 1. The molecule has 2 unspecified atom stereocenters. The van der Waals surface area contributed by atoms with Gasteiger partial charge < -0.3 is 9.53 Å². The Labute approximate surface area is 253 Å². The van der Waals surface area contributed by atoms with Crippen LogP contribution in [0.4, 0.5) is 4.79 Å². The van der Waals surface area contributed by atoms with E-state index in [0.29, 0.717) is 0 Å². The molecule has 1 aliphatic rings. The number of likely N-dealkylation sites (tertiary alicyclic amines) is 1. The molecule has 3 aromatic carbocycles. The quantitative estimate of drug-likeness (QED) is 0.166. The number of carbonyl (C=O) groups is 2. The van der Waals surface area contributed by atoms with Crippen molar-refractivity contribution in [3.05, 3.63) is 96.1 Å². The van der Waals surface area contributed by atoms with Crippen LogP contribution in [0.5, 0.6) is 0 Å². The monoisotopic (exact) mass is 585 g/mol. The summed E-state index contributed by atoms with van der Waals surface area (Å²) in [7, 11) is -2.90. The number of carbonyl (C=O) groups excluding carboxylic acids is 1. The van der Waals surface area contributed by atoms with Crippen LogP contribution in [0.25, 0.3) is 0 Å².